The summed E-state index contributed by atoms with van der Waals surface area (Å²) in [6, 6.07) is 7.43. The number of rotatable bonds is 4. The van der Waals surface area contributed by atoms with Gasteiger partial charge in [-0.1, -0.05) is 12.1 Å². The van der Waals surface area contributed by atoms with Crippen LogP contribution in [0.4, 0.5) is 10.5 Å². The van der Waals surface area contributed by atoms with E-state index in [4.69, 9.17) is 10.5 Å². The average Bonchev–Trinajstić information content (AvgIpc) is 2.92. The number of carbonyl (C=O) groups is 1. The van der Waals surface area contributed by atoms with Gasteiger partial charge in [-0.25, -0.2) is 4.79 Å². The van der Waals surface area contributed by atoms with Gasteiger partial charge in [0, 0.05) is 32.4 Å². The minimum Gasteiger partial charge on any atom is -0.376 e. The number of nitrogens with one attached hydrogen (secondary N) is 1. The second-order valence-electron chi connectivity index (χ2n) is 4.85. The molecular weight excluding hydrogens is 242 g/mol. The zero-order valence-corrected chi connectivity index (χ0v) is 11.3. The van der Waals surface area contributed by atoms with Crippen LogP contribution in [0, 0.1) is 0 Å². The molecule has 1 aliphatic heterocycles. The lowest BCUT2D eigenvalue weighted by molar-refractivity contribution is 0.0894. The number of carbonyl (C=O) groups excluding carboxylic acids is 1. The number of urea groups is 1. The van der Waals surface area contributed by atoms with E-state index in [-0.39, 0.29) is 12.1 Å². The number of anilines is 1. The number of nitrogens with zero attached hydrogens (tertiary/aromatic N) is 1. The summed E-state index contributed by atoms with van der Waals surface area (Å²) in [7, 11) is 1.78. The first-order valence-corrected chi connectivity index (χ1v) is 6.62. The van der Waals surface area contributed by atoms with Gasteiger partial charge in [0.05, 0.1) is 6.10 Å². The lowest BCUT2D eigenvalue weighted by Crippen LogP contribution is -2.37. The normalized spacial score (nSPS) is 18.3. The van der Waals surface area contributed by atoms with Gasteiger partial charge in [0.25, 0.3) is 0 Å². The number of hydrogen-bond donors (Lipinski definition) is 2. The summed E-state index contributed by atoms with van der Waals surface area (Å²) in [5, 5.41) is 2.86. The molecule has 5 heteroatoms. The molecule has 1 fully saturated rings. The fraction of sp³-hybridized carbons (Fsp3) is 0.500. The smallest absolute Gasteiger partial charge is 0.321 e. The van der Waals surface area contributed by atoms with Crippen molar-refractivity contribution in [3.8, 4) is 0 Å². The molecule has 0 spiro atoms. The molecule has 104 valence electrons. The molecule has 2 amide bonds. The van der Waals surface area contributed by atoms with E-state index in [0.717, 1.165) is 30.7 Å². The van der Waals surface area contributed by atoms with Crippen molar-refractivity contribution in [3.63, 3.8) is 0 Å². The minimum atomic E-state index is -0.115. The fourth-order valence-electron chi connectivity index (χ4n) is 2.12. The van der Waals surface area contributed by atoms with Crippen molar-refractivity contribution in [2.24, 2.45) is 5.73 Å². The van der Waals surface area contributed by atoms with Crippen molar-refractivity contribution in [1.82, 2.24) is 4.90 Å². The van der Waals surface area contributed by atoms with Crippen LogP contribution in [0.25, 0.3) is 0 Å². The summed E-state index contributed by atoms with van der Waals surface area (Å²) < 4.78 is 5.52. The Labute approximate surface area is 113 Å². The lowest BCUT2D eigenvalue weighted by Gasteiger charge is -2.21. The lowest BCUT2D eigenvalue weighted by atomic mass is 10.2. The van der Waals surface area contributed by atoms with Crippen LogP contribution in [0.5, 0.6) is 0 Å². The Morgan fingerprint density at radius 2 is 2.21 bits per heavy atom. The van der Waals surface area contributed by atoms with Gasteiger partial charge in [-0.2, -0.15) is 0 Å². The van der Waals surface area contributed by atoms with E-state index >= 15 is 0 Å². The van der Waals surface area contributed by atoms with Gasteiger partial charge in [-0.3, -0.25) is 0 Å². The highest BCUT2D eigenvalue weighted by atomic mass is 16.5. The van der Waals surface area contributed by atoms with Crippen LogP contribution in [0.1, 0.15) is 18.4 Å². The van der Waals surface area contributed by atoms with Crippen LogP contribution in [-0.2, 0) is 11.3 Å². The maximum Gasteiger partial charge on any atom is 0.321 e. The summed E-state index contributed by atoms with van der Waals surface area (Å²) in [5.74, 6) is 0. The second-order valence-corrected chi connectivity index (χ2v) is 4.85. The third-order valence-corrected chi connectivity index (χ3v) is 3.29. The molecule has 0 aromatic heterocycles. The molecule has 0 saturated carbocycles. The van der Waals surface area contributed by atoms with Gasteiger partial charge in [-0.15, -0.1) is 0 Å². The monoisotopic (exact) mass is 263 g/mol. The van der Waals surface area contributed by atoms with Crippen molar-refractivity contribution in [2.75, 3.05) is 25.5 Å². The SMILES string of the molecule is CN(CC1CCCO1)C(=O)Nc1ccc(CN)cc1. The average molecular weight is 263 g/mol. The summed E-state index contributed by atoms with van der Waals surface area (Å²) >= 11 is 0. The van der Waals surface area contributed by atoms with Crippen molar-refractivity contribution in [3.05, 3.63) is 29.8 Å². The molecule has 5 nitrogen and oxygen atoms in total. The number of hydrogen-bond acceptors (Lipinski definition) is 3. The predicted molar refractivity (Wildman–Crippen MR) is 75.0 cm³/mol. The molecule has 1 heterocycles. The maximum absolute atomic E-state index is 12.0. The Bertz CT molecular complexity index is 413. The van der Waals surface area contributed by atoms with Gasteiger partial charge in [-0.05, 0) is 30.5 Å². The highest BCUT2D eigenvalue weighted by Gasteiger charge is 2.19. The van der Waals surface area contributed by atoms with E-state index in [0.29, 0.717) is 13.1 Å². The summed E-state index contributed by atoms with van der Waals surface area (Å²) in [5.41, 5.74) is 7.36. The summed E-state index contributed by atoms with van der Waals surface area (Å²) in [4.78, 5) is 13.6. The molecule has 1 atom stereocenters. The highest BCUT2D eigenvalue weighted by molar-refractivity contribution is 5.89. The molecule has 0 bridgehead atoms. The van der Waals surface area contributed by atoms with Crippen LogP contribution in [0.2, 0.25) is 0 Å². The summed E-state index contributed by atoms with van der Waals surface area (Å²) in [6.45, 7) is 1.94. The van der Waals surface area contributed by atoms with E-state index in [1.807, 2.05) is 24.3 Å². The molecule has 2 rings (SSSR count). The number of amides is 2. The number of benzene rings is 1. The first-order valence-electron chi connectivity index (χ1n) is 6.62. The fourth-order valence-corrected chi connectivity index (χ4v) is 2.12. The van der Waals surface area contributed by atoms with E-state index in [9.17, 15) is 4.79 Å². The van der Waals surface area contributed by atoms with E-state index < -0.39 is 0 Å². The first kappa shape index (κ1) is 13.8. The van der Waals surface area contributed by atoms with Crippen LogP contribution >= 0.6 is 0 Å². The molecule has 1 aromatic carbocycles. The van der Waals surface area contributed by atoms with E-state index in [1.54, 1.807) is 11.9 Å². The van der Waals surface area contributed by atoms with Crippen molar-refractivity contribution < 1.29 is 9.53 Å². The van der Waals surface area contributed by atoms with Gasteiger partial charge in [0.15, 0.2) is 0 Å². The van der Waals surface area contributed by atoms with Crippen molar-refractivity contribution in [2.45, 2.75) is 25.5 Å². The third kappa shape index (κ3) is 3.94. The van der Waals surface area contributed by atoms with E-state index in [2.05, 4.69) is 5.32 Å². The van der Waals surface area contributed by atoms with Crippen LogP contribution in [0.3, 0.4) is 0 Å². The molecule has 0 radical (unpaired) electrons. The van der Waals surface area contributed by atoms with Crippen LogP contribution in [-0.4, -0.2) is 37.2 Å². The second kappa shape index (κ2) is 6.54. The molecule has 1 unspecified atom stereocenters. The van der Waals surface area contributed by atoms with Gasteiger partial charge in [0.2, 0.25) is 0 Å². The first-order chi connectivity index (χ1) is 9.19. The Hall–Kier alpha value is -1.59. The largest absolute Gasteiger partial charge is 0.376 e. The zero-order chi connectivity index (χ0) is 13.7. The Balaban J connectivity index is 1.84. The molecule has 19 heavy (non-hydrogen) atoms. The van der Waals surface area contributed by atoms with Gasteiger partial charge >= 0.3 is 6.03 Å². The molecule has 1 aliphatic rings. The Morgan fingerprint density at radius 1 is 1.47 bits per heavy atom. The predicted octanol–water partition coefficient (Wildman–Crippen LogP) is 1.79. The number of ether oxygens (including phenoxy) is 1. The zero-order valence-electron chi connectivity index (χ0n) is 11.3. The Kier molecular flexibility index (Phi) is 4.76. The molecule has 1 saturated heterocycles. The molecule has 1 aromatic rings. The van der Waals surface area contributed by atoms with Gasteiger partial charge < -0.3 is 20.7 Å². The molecule has 3 N–H and O–H groups in total. The number of nitrogens with two attached hydrogens (primary N) is 1. The molecule has 0 aliphatic carbocycles. The standard InChI is InChI=1S/C14H21N3O2/c1-17(10-13-3-2-8-19-13)14(18)16-12-6-4-11(9-15)5-7-12/h4-7,13H,2-3,8-10,15H2,1H3,(H,16,18). The van der Waals surface area contributed by atoms with E-state index in [1.165, 1.54) is 0 Å². The quantitative estimate of drug-likeness (QED) is 0.870. The van der Waals surface area contributed by atoms with Crippen LogP contribution < -0.4 is 11.1 Å². The number of likely N-dealkylation sites (N-methyl/N-ethyl adjacent to an activating group) is 1. The highest BCUT2D eigenvalue weighted by Crippen LogP contribution is 2.14. The maximum atomic E-state index is 12.0. The van der Waals surface area contributed by atoms with Gasteiger partial charge in [0.1, 0.15) is 0 Å². The van der Waals surface area contributed by atoms with Crippen LogP contribution in [0.15, 0.2) is 24.3 Å². The third-order valence-electron chi connectivity index (χ3n) is 3.29. The minimum absolute atomic E-state index is 0.115. The van der Waals surface area contributed by atoms with Crippen molar-refractivity contribution >= 4 is 11.7 Å². The topological polar surface area (TPSA) is 67.6 Å². The summed E-state index contributed by atoms with van der Waals surface area (Å²) in [6.07, 6.45) is 2.29. The van der Waals surface area contributed by atoms with Crippen molar-refractivity contribution in [1.29, 1.82) is 0 Å². The Morgan fingerprint density at radius 3 is 2.79 bits per heavy atom. The molecular formula is C14H21N3O2.